The van der Waals surface area contributed by atoms with E-state index in [1.54, 1.807) is 0 Å². The molecule has 0 saturated carbocycles. The monoisotopic (exact) mass is 302 g/mol. The van der Waals surface area contributed by atoms with E-state index in [4.69, 9.17) is 10.5 Å². The van der Waals surface area contributed by atoms with Crippen molar-refractivity contribution in [2.24, 2.45) is 0 Å². The molecule has 1 aliphatic rings. The van der Waals surface area contributed by atoms with Crippen molar-refractivity contribution in [1.82, 2.24) is 19.7 Å². The number of anilines is 2. The van der Waals surface area contributed by atoms with Crippen LogP contribution < -0.4 is 10.6 Å². The normalized spacial score (nSPS) is 18.7. The molecule has 3 heterocycles. The van der Waals surface area contributed by atoms with Crippen molar-refractivity contribution < 1.29 is 4.74 Å². The maximum Gasteiger partial charge on any atom is 0.222 e. The maximum atomic E-state index is 5.88. The minimum atomic E-state index is 0.0863. The minimum absolute atomic E-state index is 0.0863. The highest BCUT2D eigenvalue weighted by Crippen LogP contribution is 2.18. The Labute approximate surface area is 130 Å². The Morgan fingerprint density at radius 2 is 2.05 bits per heavy atom. The molecule has 0 aliphatic carbocycles. The van der Waals surface area contributed by atoms with Crippen LogP contribution in [-0.4, -0.2) is 45.5 Å². The molecule has 0 spiro atoms. The lowest BCUT2D eigenvalue weighted by Gasteiger charge is -2.34. The first-order valence-corrected chi connectivity index (χ1v) is 7.50. The quantitative estimate of drug-likeness (QED) is 0.914. The van der Waals surface area contributed by atoms with Crippen molar-refractivity contribution >= 4 is 11.8 Å². The van der Waals surface area contributed by atoms with Crippen LogP contribution in [0.5, 0.6) is 0 Å². The highest BCUT2D eigenvalue weighted by Gasteiger charge is 2.23. The van der Waals surface area contributed by atoms with Crippen LogP contribution in [0.2, 0.25) is 0 Å². The number of rotatable bonds is 3. The lowest BCUT2D eigenvalue weighted by molar-refractivity contribution is 0.0267. The van der Waals surface area contributed by atoms with E-state index in [0.29, 0.717) is 12.6 Å². The summed E-state index contributed by atoms with van der Waals surface area (Å²) in [7, 11) is 0. The van der Waals surface area contributed by atoms with Gasteiger partial charge in [-0.25, -0.2) is 4.98 Å². The Hall–Kier alpha value is -2.15. The van der Waals surface area contributed by atoms with Gasteiger partial charge < -0.3 is 15.4 Å². The third-order valence-corrected chi connectivity index (χ3v) is 3.80. The first-order chi connectivity index (χ1) is 10.5. The van der Waals surface area contributed by atoms with E-state index in [0.717, 1.165) is 42.5 Å². The van der Waals surface area contributed by atoms with Crippen molar-refractivity contribution in [3.63, 3.8) is 0 Å². The van der Waals surface area contributed by atoms with Gasteiger partial charge in [0.25, 0.3) is 0 Å². The molecule has 2 aromatic heterocycles. The summed E-state index contributed by atoms with van der Waals surface area (Å²) >= 11 is 0. The summed E-state index contributed by atoms with van der Waals surface area (Å²) < 4.78 is 7.88. The molecule has 2 aromatic rings. The minimum Gasteiger partial charge on any atom is -0.373 e. The second-order valence-electron chi connectivity index (χ2n) is 5.77. The smallest absolute Gasteiger partial charge is 0.222 e. The molecule has 3 rings (SSSR count). The predicted octanol–water partition coefficient (Wildman–Crippen LogP) is 1.09. The van der Waals surface area contributed by atoms with E-state index in [2.05, 4.69) is 33.0 Å². The molecule has 0 bridgehead atoms. The summed E-state index contributed by atoms with van der Waals surface area (Å²) in [6.45, 7) is 8.99. The van der Waals surface area contributed by atoms with E-state index in [-0.39, 0.29) is 6.10 Å². The van der Waals surface area contributed by atoms with Crippen LogP contribution >= 0.6 is 0 Å². The molecule has 1 saturated heterocycles. The standard InChI is InChI=1S/C15H22N6O/c1-10-7-14(18-15(16)17-10)20-4-5-22-13(8-20)9-21-12(3)6-11(2)19-21/h6-7,13H,4-5,8-9H2,1-3H3,(H2,16,17,18)/t13-/m0/s1. The van der Waals surface area contributed by atoms with Gasteiger partial charge in [-0.1, -0.05) is 0 Å². The lowest BCUT2D eigenvalue weighted by atomic mass is 10.2. The summed E-state index contributed by atoms with van der Waals surface area (Å²) in [5.41, 5.74) is 8.82. The average Bonchev–Trinajstić information content (AvgIpc) is 2.76. The first-order valence-electron chi connectivity index (χ1n) is 7.50. The lowest BCUT2D eigenvalue weighted by Crippen LogP contribution is -2.45. The van der Waals surface area contributed by atoms with Crippen LogP contribution in [0.4, 0.5) is 11.8 Å². The highest BCUT2D eigenvalue weighted by atomic mass is 16.5. The fourth-order valence-electron chi connectivity index (χ4n) is 2.83. The van der Waals surface area contributed by atoms with Gasteiger partial charge in [0.1, 0.15) is 5.82 Å². The predicted molar refractivity (Wildman–Crippen MR) is 84.8 cm³/mol. The molecule has 0 aromatic carbocycles. The van der Waals surface area contributed by atoms with Gasteiger partial charge in [0, 0.05) is 30.5 Å². The zero-order valence-corrected chi connectivity index (χ0v) is 13.3. The molecular weight excluding hydrogens is 280 g/mol. The topological polar surface area (TPSA) is 82.1 Å². The summed E-state index contributed by atoms with van der Waals surface area (Å²) in [5, 5.41) is 4.50. The molecule has 1 atom stereocenters. The summed E-state index contributed by atoms with van der Waals surface area (Å²) in [6.07, 6.45) is 0.0863. The first kappa shape index (κ1) is 14.8. The van der Waals surface area contributed by atoms with Gasteiger partial charge in [-0.3, -0.25) is 4.68 Å². The highest BCUT2D eigenvalue weighted by molar-refractivity contribution is 5.43. The Balaban J connectivity index is 1.72. The number of hydrogen-bond acceptors (Lipinski definition) is 6. The second-order valence-corrected chi connectivity index (χ2v) is 5.77. The van der Waals surface area contributed by atoms with Gasteiger partial charge in [-0.15, -0.1) is 0 Å². The number of ether oxygens (including phenoxy) is 1. The molecule has 1 aliphatic heterocycles. The molecular formula is C15H22N6O. The van der Waals surface area contributed by atoms with Gasteiger partial charge in [0.15, 0.2) is 0 Å². The number of hydrogen-bond donors (Lipinski definition) is 1. The van der Waals surface area contributed by atoms with Crippen molar-refractivity contribution in [3.05, 3.63) is 29.2 Å². The van der Waals surface area contributed by atoms with Crippen molar-refractivity contribution in [2.45, 2.75) is 33.4 Å². The summed E-state index contributed by atoms with van der Waals surface area (Å²) in [6, 6.07) is 4.04. The summed E-state index contributed by atoms with van der Waals surface area (Å²) in [4.78, 5) is 10.7. The van der Waals surface area contributed by atoms with E-state index in [1.165, 1.54) is 0 Å². The average molecular weight is 302 g/mol. The molecule has 7 nitrogen and oxygen atoms in total. The molecule has 2 N–H and O–H groups in total. The van der Waals surface area contributed by atoms with E-state index < -0.39 is 0 Å². The van der Waals surface area contributed by atoms with Gasteiger partial charge in [-0.2, -0.15) is 10.1 Å². The van der Waals surface area contributed by atoms with Gasteiger partial charge >= 0.3 is 0 Å². The third kappa shape index (κ3) is 3.19. The van der Waals surface area contributed by atoms with Crippen LogP contribution in [0.25, 0.3) is 0 Å². The Bertz CT molecular complexity index is 648. The van der Waals surface area contributed by atoms with Crippen molar-refractivity contribution in [3.8, 4) is 0 Å². The molecule has 118 valence electrons. The number of aromatic nitrogens is 4. The third-order valence-electron chi connectivity index (χ3n) is 3.80. The zero-order valence-electron chi connectivity index (χ0n) is 13.3. The number of nitrogens with zero attached hydrogens (tertiary/aromatic N) is 5. The largest absolute Gasteiger partial charge is 0.373 e. The van der Waals surface area contributed by atoms with Crippen LogP contribution in [0.15, 0.2) is 12.1 Å². The Morgan fingerprint density at radius 3 is 2.73 bits per heavy atom. The summed E-state index contributed by atoms with van der Waals surface area (Å²) in [5.74, 6) is 1.18. The SMILES string of the molecule is Cc1cc(N2CCO[C@H](Cn3nc(C)cc3C)C2)nc(N)n1. The Kier molecular flexibility index (Phi) is 3.98. The number of aryl methyl sites for hydroxylation is 3. The van der Waals surface area contributed by atoms with E-state index in [1.807, 2.05) is 24.6 Å². The Morgan fingerprint density at radius 1 is 1.23 bits per heavy atom. The molecule has 0 unspecified atom stereocenters. The van der Waals surface area contributed by atoms with Crippen LogP contribution in [-0.2, 0) is 11.3 Å². The van der Waals surface area contributed by atoms with Crippen LogP contribution in [0.3, 0.4) is 0 Å². The molecule has 0 radical (unpaired) electrons. The zero-order chi connectivity index (χ0) is 15.7. The van der Waals surface area contributed by atoms with Crippen LogP contribution in [0.1, 0.15) is 17.1 Å². The van der Waals surface area contributed by atoms with E-state index in [9.17, 15) is 0 Å². The van der Waals surface area contributed by atoms with E-state index >= 15 is 0 Å². The fourth-order valence-corrected chi connectivity index (χ4v) is 2.83. The molecule has 7 heteroatoms. The second kappa shape index (κ2) is 5.92. The number of morpholine rings is 1. The molecule has 22 heavy (non-hydrogen) atoms. The van der Waals surface area contributed by atoms with Gasteiger partial charge in [0.05, 0.1) is 24.9 Å². The molecule has 0 amide bonds. The van der Waals surface area contributed by atoms with Crippen molar-refractivity contribution in [2.75, 3.05) is 30.3 Å². The van der Waals surface area contributed by atoms with Crippen molar-refractivity contribution in [1.29, 1.82) is 0 Å². The number of nitrogen functional groups attached to an aromatic ring is 1. The molecule has 1 fully saturated rings. The maximum absolute atomic E-state index is 5.88. The van der Waals surface area contributed by atoms with Crippen LogP contribution in [0, 0.1) is 20.8 Å². The van der Waals surface area contributed by atoms with Gasteiger partial charge in [-0.05, 0) is 26.8 Å². The number of nitrogens with two attached hydrogens (primary N) is 1. The fraction of sp³-hybridized carbons (Fsp3) is 0.533. The van der Waals surface area contributed by atoms with Gasteiger partial charge in [0.2, 0.25) is 5.95 Å².